The highest BCUT2D eigenvalue weighted by molar-refractivity contribution is 5.79. The molecule has 0 aromatic carbocycles. The van der Waals surface area contributed by atoms with E-state index >= 15 is 0 Å². The number of aromatic nitrogens is 2. The van der Waals surface area contributed by atoms with Gasteiger partial charge in [-0.2, -0.15) is 5.10 Å². The molecule has 0 N–H and O–H groups in total. The summed E-state index contributed by atoms with van der Waals surface area (Å²) in [7, 11) is 3.37. The summed E-state index contributed by atoms with van der Waals surface area (Å²) < 4.78 is 6.61. The summed E-state index contributed by atoms with van der Waals surface area (Å²) in [6.07, 6.45) is 4.98. The number of carbonyl (C=O) groups is 2. The smallest absolute Gasteiger partial charge is 0.306 e. The van der Waals surface area contributed by atoms with Gasteiger partial charge >= 0.3 is 5.97 Å². The Balaban J connectivity index is 1.54. The van der Waals surface area contributed by atoms with Gasteiger partial charge in [-0.1, -0.05) is 0 Å². The van der Waals surface area contributed by atoms with Gasteiger partial charge in [-0.05, 0) is 25.3 Å². The number of methoxy groups -OCH3 is 1. The van der Waals surface area contributed by atoms with Crippen LogP contribution in [-0.4, -0.2) is 70.8 Å². The van der Waals surface area contributed by atoms with Crippen LogP contribution in [0.2, 0.25) is 0 Å². The van der Waals surface area contributed by atoms with Crippen LogP contribution in [0.15, 0.2) is 6.20 Å². The molecule has 3 rings (SSSR count). The molecule has 1 saturated heterocycles. The third kappa shape index (κ3) is 3.86. The fourth-order valence-corrected chi connectivity index (χ4v) is 3.98. The van der Waals surface area contributed by atoms with Crippen molar-refractivity contribution in [3.63, 3.8) is 0 Å². The predicted molar refractivity (Wildman–Crippen MR) is 93.0 cm³/mol. The van der Waals surface area contributed by atoms with Crippen LogP contribution in [0.5, 0.6) is 0 Å². The number of hydrogen-bond donors (Lipinski definition) is 0. The number of piperazine rings is 1. The number of amides is 1. The van der Waals surface area contributed by atoms with Crippen molar-refractivity contribution in [3.05, 3.63) is 17.5 Å². The van der Waals surface area contributed by atoms with Crippen molar-refractivity contribution in [2.45, 2.75) is 38.6 Å². The number of carbonyl (C=O) groups excluding carboxylic acids is 2. The molecule has 25 heavy (non-hydrogen) atoms. The second kappa shape index (κ2) is 7.56. The Bertz CT molecular complexity index is 642. The second-order valence-electron chi connectivity index (χ2n) is 7.18. The molecule has 2 atom stereocenters. The number of aryl methyl sites for hydroxylation is 2. The predicted octanol–water partition coefficient (Wildman–Crippen LogP) is 0.621. The van der Waals surface area contributed by atoms with E-state index in [1.165, 1.54) is 18.4 Å². The van der Waals surface area contributed by atoms with E-state index in [2.05, 4.69) is 16.9 Å². The van der Waals surface area contributed by atoms with Gasteiger partial charge in [0.15, 0.2) is 0 Å². The van der Waals surface area contributed by atoms with Crippen molar-refractivity contribution >= 4 is 11.9 Å². The molecule has 0 radical (unpaired) electrons. The zero-order valence-electron chi connectivity index (χ0n) is 15.4. The van der Waals surface area contributed by atoms with Crippen LogP contribution in [0.25, 0.3) is 0 Å². The second-order valence-corrected chi connectivity index (χ2v) is 7.18. The van der Waals surface area contributed by atoms with Crippen molar-refractivity contribution in [1.29, 1.82) is 0 Å². The minimum Gasteiger partial charge on any atom is -0.469 e. The van der Waals surface area contributed by atoms with Crippen LogP contribution < -0.4 is 0 Å². The number of rotatable bonds is 4. The molecule has 7 heteroatoms. The monoisotopic (exact) mass is 348 g/mol. The zero-order chi connectivity index (χ0) is 18.0. The highest BCUT2D eigenvalue weighted by Gasteiger charge is 2.33. The summed E-state index contributed by atoms with van der Waals surface area (Å²) in [5, 5.41) is 4.32. The molecular formula is C18H28N4O3. The van der Waals surface area contributed by atoms with E-state index in [4.69, 9.17) is 4.74 Å². The lowest BCUT2D eigenvalue weighted by atomic mass is 9.86. The maximum absolute atomic E-state index is 13.0. The van der Waals surface area contributed by atoms with E-state index in [0.29, 0.717) is 13.0 Å². The normalized spacial score (nSPS) is 24.0. The number of fused-ring (bicyclic) bond motifs is 1. The largest absolute Gasteiger partial charge is 0.469 e. The summed E-state index contributed by atoms with van der Waals surface area (Å²) in [5.41, 5.74) is 2.49. The first-order chi connectivity index (χ1) is 12.0. The first-order valence-electron chi connectivity index (χ1n) is 9.09. The van der Waals surface area contributed by atoms with Gasteiger partial charge in [0.25, 0.3) is 0 Å². The molecule has 2 aliphatic rings. The van der Waals surface area contributed by atoms with Gasteiger partial charge in [-0.3, -0.25) is 19.2 Å². The molecule has 1 aliphatic carbocycles. The van der Waals surface area contributed by atoms with Gasteiger partial charge in [0, 0.05) is 57.3 Å². The van der Waals surface area contributed by atoms with Crippen molar-refractivity contribution in [2.75, 3.05) is 33.3 Å². The van der Waals surface area contributed by atoms with Crippen molar-refractivity contribution in [3.8, 4) is 0 Å². The number of esters is 1. The van der Waals surface area contributed by atoms with E-state index in [1.807, 2.05) is 22.8 Å². The van der Waals surface area contributed by atoms with Crippen LogP contribution in [-0.2, 0) is 34.2 Å². The van der Waals surface area contributed by atoms with Crippen LogP contribution in [0.4, 0.5) is 0 Å². The molecule has 1 fully saturated rings. The Morgan fingerprint density at radius 1 is 1.36 bits per heavy atom. The van der Waals surface area contributed by atoms with Gasteiger partial charge in [-0.15, -0.1) is 0 Å². The third-order valence-electron chi connectivity index (χ3n) is 5.61. The van der Waals surface area contributed by atoms with Crippen LogP contribution in [0.1, 0.15) is 31.0 Å². The Morgan fingerprint density at radius 3 is 2.88 bits per heavy atom. The average Bonchev–Trinajstić information content (AvgIpc) is 3.00. The molecule has 1 aliphatic heterocycles. The molecule has 0 bridgehead atoms. The van der Waals surface area contributed by atoms with Crippen LogP contribution >= 0.6 is 0 Å². The molecular weight excluding hydrogens is 320 g/mol. The molecule has 0 saturated carbocycles. The minimum atomic E-state index is -0.181. The van der Waals surface area contributed by atoms with Gasteiger partial charge in [0.05, 0.1) is 19.7 Å². The standard InChI is InChI=1S/C18H28N4O3/c1-13-12-22(9-8-21(13)7-6-17(23)25-3)18(24)14-4-5-15-11-19-20(2)16(15)10-14/h11,13-14H,4-10,12H2,1-3H3/t13-,14-/m1/s1. The van der Waals surface area contributed by atoms with Gasteiger partial charge in [0.1, 0.15) is 0 Å². The number of nitrogens with zero attached hydrogens (tertiary/aromatic N) is 4. The molecule has 2 heterocycles. The summed E-state index contributed by atoms with van der Waals surface area (Å²) in [5.74, 6) is 0.155. The average molecular weight is 348 g/mol. The summed E-state index contributed by atoms with van der Waals surface area (Å²) >= 11 is 0. The maximum Gasteiger partial charge on any atom is 0.306 e. The SMILES string of the molecule is COC(=O)CCN1CCN(C(=O)[C@@H]2CCc3cnn(C)c3C2)C[C@H]1C. The van der Waals surface area contributed by atoms with Crippen LogP contribution in [0.3, 0.4) is 0 Å². The summed E-state index contributed by atoms with van der Waals surface area (Å²) in [6, 6.07) is 0.262. The zero-order valence-corrected chi connectivity index (χ0v) is 15.4. The van der Waals surface area contributed by atoms with Crippen molar-refractivity contribution in [2.24, 2.45) is 13.0 Å². The topological polar surface area (TPSA) is 67.7 Å². The van der Waals surface area contributed by atoms with E-state index in [0.717, 1.165) is 38.9 Å². The van der Waals surface area contributed by atoms with E-state index in [1.54, 1.807) is 0 Å². The molecule has 7 nitrogen and oxygen atoms in total. The van der Waals surface area contributed by atoms with E-state index < -0.39 is 0 Å². The highest BCUT2D eigenvalue weighted by Crippen LogP contribution is 2.27. The van der Waals surface area contributed by atoms with Crippen LogP contribution in [0, 0.1) is 5.92 Å². The van der Waals surface area contributed by atoms with Gasteiger partial charge in [-0.25, -0.2) is 0 Å². The molecule has 0 spiro atoms. The number of hydrogen-bond acceptors (Lipinski definition) is 5. The highest BCUT2D eigenvalue weighted by atomic mass is 16.5. The van der Waals surface area contributed by atoms with E-state index in [-0.39, 0.29) is 23.8 Å². The molecule has 1 amide bonds. The first kappa shape index (κ1) is 17.9. The first-order valence-corrected chi connectivity index (χ1v) is 9.09. The Hall–Kier alpha value is -1.89. The van der Waals surface area contributed by atoms with E-state index in [9.17, 15) is 9.59 Å². The summed E-state index contributed by atoms with van der Waals surface area (Å²) in [4.78, 5) is 28.6. The molecule has 1 aromatic heterocycles. The lowest BCUT2D eigenvalue weighted by molar-refractivity contribution is -0.143. The Morgan fingerprint density at radius 2 is 2.16 bits per heavy atom. The maximum atomic E-state index is 13.0. The van der Waals surface area contributed by atoms with Crippen molar-refractivity contribution in [1.82, 2.24) is 19.6 Å². The molecule has 0 unspecified atom stereocenters. The van der Waals surface area contributed by atoms with Gasteiger partial charge in [0.2, 0.25) is 5.91 Å². The Kier molecular flexibility index (Phi) is 5.42. The lowest BCUT2D eigenvalue weighted by Gasteiger charge is -2.41. The van der Waals surface area contributed by atoms with Crippen molar-refractivity contribution < 1.29 is 14.3 Å². The molecule has 138 valence electrons. The third-order valence-corrected chi connectivity index (χ3v) is 5.61. The Labute approximate surface area is 148 Å². The lowest BCUT2D eigenvalue weighted by Crippen LogP contribution is -2.55. The summed E-state index contributed by atoms with van der Waals surface area (Å²) in [6.45, 7) is 5.09. The number of ether oxygens (including phenoxy) is 1. The quantitative estimate of drug-likeness (QED) is 0.746. The fourth-order valence-electron chi connectivity index (χ4n) is 3.98. The minimum absolute atomic E-state index is 0.0664. The fraction of sp³-hybridized carbons (Fsp3) is 0.722. The van der Waals surface area contributed by atoms with Gasteiger partial charge < -0.3 is 9.64 Å². The molecule has 1 aromatic rings.